The minimum absolute atomic E-state index is 0.570. The van der Waals surface area contributed by atoms with Crippen molar-refractivity contribution in [3.05, 3.63) is 47.6 Å². The second-order valence-corrected chi connectivity index (χ2v) is 5.06. The minimum Gasteiger partial charge on any atom is -0.0986 e. The summed E-state index contributed by atoms with van der Waals surface area (Å²) < 4.78 is 0. The second-order valence-electron chi connectivity index (χ2n) is 5.06. The molecule has 1 unspecified atom stereocenters. The van der Waals surface area contributed by atoms with Crippen molar-refractivity contribution in [2.75, 3.05) is 0 Å². The van der Waals surface area contributed by atoms with Gasteiger partial charge in [-0.15, -0.1) is 0 Å². The highest BCUT2D eigenvalue weighted by Crippen LogP contribution is 2.42. The summed E-state index contributed by atoms with van der Waals surface area (Å²) in [6.07, 6.45) is 16.2. The van der Waals surface area contributed by atoms with Crippen molar-refractivity contribution >= 4 is 0 Å². The first-order chi connectivity index (χ1) is 7.34. The summed E-state index contributed by atoms with van der Waals surface area (Å²) in [7, 11) is 0. The molecule has 0 nitrogen and oxygen atoms in total. The summed E-state index contributed by atoms with van der Waals surface area (Å²) in [6.45, 7) is 4.09. The SMILES string of the molecule is C=C1CC2=CC=C(C3CCCC3)C=CC12. The molecule has 0 radical (unpaired) electrons. The van der Waals surface area contributed by atoms with E-state index in [1.807, 2.05) is 0 Å². The number of allylic oxidation sites excluding steroid dienone is 7. The standard InChI is InChI=1S/C15H18/c1-11-10-14-7-6-13(8-9-15(11)14)12-4-2-3-5-12/h6-9,12,15H,1-5,10H2. The first-order valence-electron chi connectivity index (χ1n) is 6.11. The molecule has 3 aliphatic carbocycles. The summed E-state index contributed by atoms with van der Waals surface area (Å²) in [5.41, 5.74) is 4.50. The van der Waals surface area contributed by atoms with Crippen LogP contribution in [0.5, 0.6) is 0 Å². The molecule has 78 valence electrons. The third-order valence-corrected chi connectivity index (χ3v) is 4.07. The van der Waals surface area contributed by atoms with Crippen LogP contribution >= 0.6 is 0 Å². The number of rotatable bonds is 1. The topological polar surface area (TPSA) is 0 Å². The highest BCUT2D eigenvalue weighted by Gasteiger charge is 2.27. The van der Waals surface area contributed by atoms with E-state index < -0.39 is 0 Å². The third kappa shape index (κ3) is 1.52. The van der Waals surface area contributed by atoms with Gasteiger partial charge >= 0.3 is 0 Å². The smallest absolute Gasteiger partial charge is 0.0197 e. The van der Waals surface area contributed by atoms with Crippen LogP contribution in [0.1, 0.15) is 32.1 Å². The Morgan fingerprint density at radius 2 is 1.93 bits per heavy atom. The zero-order valence-corrected chi connectivity index (χ0v) is 9.21. The van der Waals surface area contributed by atoms with E-state index in [1.165, 1.54) is 31.3 Å². The van der Waals surface area contributed by atoms with Crippen LogP contribution in [0.2, 0.25) is 0 Å². The lowest BCUT2D eigenvalue weighted by Gasteiger charge is -2.29. The fourth-order valence-corrected chi connectivity index (χ4v) is 3.03. The zero-order valence-electron chi connectivity index (χ0n) is 9.21. The minimum atomic E-state index is 0.570. The van der Waals surface area contributed by atoms with Crippen LogP contribution in [0, 0.1) is 11.8 Å². The highest BCUT2D eigenvalue weighted by atomic mass is 14.3. The summed E-state index contributed by atoms with van der Waals surface area (Å²) in [4.78, 5) is 0. The summed E-state index contributed by atoms with van der Waals surface area (Å²) in [5, 5.41) is 0. The molecule has 2 saturated carbocycles. The van der Waals surface area contributed by atoms with Gasteiger partial charge in [-0.25, -0.2) is 0 Å². The van der Waals surface area contributed by atoms with Gasteiger partial charge in [-0.2, -0.15) is 0 Å². The molecule has 0 saturated heterocycles. The van der Waals surface area contributed by atoms with Gasteiger partial charge in [-0.3, -0.25) is 0 Å². The molecule has 0 aromatic carbocycles. The van der Waals surface area contributed by atoms with Crippen molar-refractivity contribution in [1.29, 1.82) is 0 Å². The van der Waals surface area contributed by atoms with Gasteiger partial charge < -0.3 is 0 Å². The van der Waals surface area contributed by atoms with Gasteiger partial charge in [0, 0.05) is 5.92 Å². The van der Waals surface area contributed by atoms with Gasteiger partial charge in [0.05, 0.1) is 0 Å². The highest BCUT2D eigenvalue weighted by molar-refractivity contribution is 5.46. The Hall–Kier alpha value is -1.04. The molecule has 0 heteroatoms. The molecule has 1 atom stereocenters. The van der Waals surface area contributed by atoms with E-state index in [9.17, 15) is 0 Å². The van der Waals surface area contributed by atoms with E-state index in [0.29, 0.717) is 5.92 Å². The van der Waals surface area contributed by atoms with E-state index in [4.69, 9.17) is 0 Å². The van der Waals surface area contributed by atoms with Gasteiger partial charge in [0.1, 0.15) is 0 Å². The van der Waals surface area contributed by atoms with Crippen LogP contribution in [0.4, 0.5) is 0 Å². The lowest BCUT2D eigenvalue weighted by atomic mass is 9.75. The zero-order chi connectivity index (χ0) is 10.3. The van der Waals surface area contributed by atoms with Crippen molar-refractivity contribution in [2.45, 2.75) is 32.1 Å². The van der Waals surface area contributed by atoms with Crippen molar-refractivity contribution < 1.29 is 0 Å². The molecule has 0 aromatic rings. The average molecular weight is 198 g/mol. The fraction of sp³-hybridized carbons (Fsp3) is 0.467. The molecular weight excluding hydrogens is 180 g/mol. The molecule has 0 spiro atoms. The van der Waals surface area contributed by atoms with Crippen molar-refractivity contribution in [3.8, 4) is 0 Å². The Labute approximate surface area is 92.1 Å². The van der Waals surface area contributed by atoms with Crippen LogP contribution < -0.4 is 0 Å². The van der Waals surface area contributed by atoms with Crippen LogP contribution in [-0.2, 0) is 0 Å². The Morgan fingerprint density at radius 3 is 2.67 bits per heavy atom. The van der Waals surface area contributed by atoms with Gasteiger partial charge in [0.2, 0.25) is 0 Å². The van der Waals surface area contributed by atoms with E-state index >= 15 is 0 Å². The molecule has 0 aliphatic heterocycles. The van der Waals surface area contributed by atoms with E-state index in [1.54, 1.807) is 11.1 Å². The fourth-order valence-electron chi connectivity index (χ4n) is 3.03. The predicted molar refractivity (Wildman–Crippen MR) is 64.5 cm³/mol. The Kier molecular flexibility index (Phi) is 2.16. The Balaban J connectivity index is 1.83. The van der Waals surface area contributed by atoms with Gasteiger partial charge in [0.25, 0.3) is 0 Å². The molecule has 0 bridgehead atoms. The van der Waals surface area contributed by atoms with Gasteiger partial charge in [0.15, 0.2) is 0 Å². The molecule has 15 heavy (non-hydrogen) atoms. The molecule has 0 amide bonds. The lowest BCUT2D eigenvalue weighted by Crippen LogP contribution is -2.15. The van der Waals surface area contributed by atoms with Crippen molar-refractivity contribution in [1.82, 2.24) is 0 Å². The van der Waals surface area contributed by atoms with Crippen LogP contribution in [-0.4, -0.2) is 0 Å². The molecule has 3 aliphatic rings. The van der Waals surface area contributed by atoms with Crippen molar-refractivity contribution in [2.24, 2.45) is 11.8 Å². The molecule has 0 aromatic heterocycles. The van der Waals surface area contributed by atoms with E-state index in [0.717, 1.165) is 12.3 Å². The summed E-state index contributed by atoms with van der Waals surface area (Å²) >= 11 is 0. The maximum Gasteiger partial charge on any atom is 0.0197 e. The number of hydrogen-bond acceptors (Lipinski definition) is 0. The van der Waals surface area contributed by atoms with Crippen LogP contribution in [0.15, 0.2) is 47.6 Å². The average Bonchev–Trinajstić information content (AvgIpc) is 2.68. The molecule has 3 rings (SSSR count). The molecule has 2 fully saturated rings. The number of fused-ring (bicyclic) bond motifs is 1. The largest absolute Gasteiger partial charge is 0.0986 e. The maximum absolute atomic E-state index is 4.09. The quantitative estimate of drug-likeness (QED) is 0.555. The lowest BCUT2D eigenvalue weighted by molar-refractivity contribution is 0.656. The van der Waals surface area contributed by atoms with Crippen LogP contribution in [0.25, 0.3) is 0 Å². The molecular formula is C15H18. The predicted octanol–water partition coefficient (Wildman–Crippen LogP) is 4.18. The third-order valence-electron chi connectivity index (χ3n) is 4.07. The molecule has 0 heterocycles. The van der Waals surface area contributed by atoms with E-state index in [-0.39, 0.29) is 0 Å². The normalized spacial score (nSPS) is 30.4. The second kappa shape index (κ2) is 3.52. The Morgan fingerprint density at radius 1 is 1.13 bits per heavy atom. The first kappa shape index (κ1) is 9.21. The monoisotopic (exact) mass is 198 g/mol. The summed E-state index contributed by atoms with van der Waals surface area (Å²) in [5.74, 6) is 1.41. The van der Waals surface area contributed by atoms with Gasteiger partial charge in [-0.1, -0.05) is 54.9 Å². The molecule has 0 N–H and O–H groups in total. The van der Waals surface area contributed by atoms with E-state index in [2.05, 4.69) is 30.9 Å². The van der Waals surface area contributed by atoms with Crippen molar-refractivity contribution in [3.63, 3.8) is 0 Å². The maximum atomic E-state index is 4.09. The first-order valence-corrected chi connectivity index (χ1v) is 6.11. The van der Waals surface area contributed by atoms with Gasteiger partial charge in [-0.05, 0) is 30.8 Å². The summed E-state index contributed by atoms with van der Waals surface area (Å²) in [6, 6.07) is 0. The Bertz CT molecular complexity index is 373. The van der Waals surface area contributed by atoms with Crippen LogP contribution in [0.3, 0.4) is 0 Å². The number of hydrogen-bond donors (Lipinski definition) is 0.